The molecule has 1 saturated heterocycles. The fourth-order valence-corrected chi connectivity index (χ4v) is 4.75. The molecule has 1 N–H and O–H groups in total. The number of aromatic nitrogens is 2. The lowest BCUT2D eigenvalue weighted by atomic mass is 10.0. The van der Waals surface area contributed by atoms with Gasteiger partial charge in [0.15, 0.2) is 0 Å². The molecule has 0 amide bonds. The average Bonchev–Trinajstić information content (AvgIpc) is 3.16. The van der Waals surface area contributed by atoms with Gasteiger partial charge in [0.1, 0.15) is 17.3 Å². The van der Waals surface area contributed by atoms with Crippen LogP contribution in [-0.2, 0) is 27.8 Å². The Morgan fingerprint density at radius 1 is 1.40 bits per heavy atom. The highest BCUT2D eigenvalue weighted by Crippen LogP contribution is 2.28. The number of carboxylic acids is 1. The molecule has 0 bridgehead atoms. The monoisotopic (exact) mass is 367 g/mol. The van der Waals surface area contributed by atoms with Crippen molar-refractivity contribution in [2.75, 3.05) is 6.54 Å². The second-order valence-electron chi connectivity index (χ2n) is 6.01. The molecule has 3 rings (SSSR count). The molecule has 1 aliphatic heterocycles. The van der Waals surface area contributed by atoms with Crippen molar-refractivity contribution < 1.29 is 22.7 Å². The van der Waals surface area contributed by atoms with Crippen molar-refractivity contribution >= 4 is 16.0 Å². The van der Waals surface area contributed by atoms with Crippen LogP contribution in [-0.4, -0.2) is 46.2 Å². The summed E-state index contributed by atoms with van der Waals surface area (Å²) in [6.45, 7) is -0.0192. The second-order valence-corrected chi connectivity index (χ2v) is 7.90. The van der Waals surface area contributed by atoms with Crippen LogP contribution in [0.3, 0.4) is 0 Å². The van der Waals surface area contributed by atoms with Crippen LogP contribution in [0.25, 0.3) is 0 Å². The second kappa shape index (κ2) is 6.93. The van der Waals surface area contributed by atoms with Gasteiger partial charge in [-0.25, -0.2) is 12.8 Å². The fraction of sp³-hybridized carbons (Fsp3) is 0.375. The Morgan fingerprint density at radius 3 is 2.92 bits per heavy atom. The topological polar surface area (TPSA) is 92.5 Å². The third-order valence-electron chi connectivity index (χ3n) is 4.20. The third kappa shape index (κ3) is 3.88. The van der Waals surface area contributed by atoms with Gasteiger partial charge >= 0.3 is 5.97 Å². The van der Waals surface area contributed by atoms with Crippen molar-refractivity contribution in [3.05, 3.63) is 48.0 Å². The predicted octanol–water partition coefficient (Wildman–Crippen LogP) is 1.50. The van der Waals surface area contributed by atoms with E-state index in [1.165, 1.54) is 22.6 Å². The highest BCUT2D eigenvalue weighted by molar-refractivity contribution is 7.89. The normalized spacial score (nSPS) is 18.5. The van der Waals surface area contributed by atoms with E-state index in [2.05, 4.69) is 5.10 Å². The number of carboxylic acid groups (broad SMARTS) is 1. The molecule has 134 valence electrons. The molecule has 0 radical (unpaired) electrons. The molecular formula is C16H18FN3O4S. The van der Waals surface area contributed by atoms with Crippen LogP contribution in [0.15, 0.2) is 41.6 Å². The van der Waals surface area contributed by atoms with E-state index in [9.17, 15) is 17.6 Å². The maximum atomic E-state index is 13.4. The summed E-state index contributed by atoms with van der Waals surface area (Å²) in [4.78, 5) is 10.7. The van der Waals surface area contributed by atoms with E-state index in [4.69, 9.17) is 5.11 Å². The fourth-order valence-electron chi connectivity index (χ4n) is 3.10. The highest BCUT2D eigenvalue weighted by atomic mass is 32.2. The van der Waals surface area contributed by atoms with Gasteiger partial charge in [0.2, 0.25) is 10.0 Å². The van der Waals surface area contributed by atoms with Gasteiger partial charge in [-0.15, -0.1) is 0 Å². The molecule has 7 nitrogen and oxygen atoms in total. The van der Waals surface area contributed by atoms with E-state index in [-0.39, 0.29) is 16.8 Å². The van der Waals surface area contributed by atoms with Gasteiger partial charge in [-0.3, -0.25) is 9.48 Å². The zero-order valence-electron chi connectivity index (χ0n) is 13.4. The lowest BCUT2D eigenvalue weighted by molar-refractivity contribution is -0.137. The summed E-state index contributed by atoms with van der Waals surface area (Å²) >= 11 is 0. The summed E-state index contributed by atoms with van der Waals surface area (Å²) in [6.07, 6.45) is 4.23. The molecule has 1 unspecified atom stereocenters. The van der Waals surface area contributed by atoms with Crippen molar-refractivity contribution in [1.29, 1.82) is 0 Å². The number of hydrogen-bond acceptors (Lipinski definition) is 4. The molecule has 1 fully saturated rings. The Morgan fingerprint density at radius 2 is 2.20 bits per heavy atom. The summed E-state index contributed by atoms with van der Waals surface area (Å²) in [7, 11) is -3.77. The smallest absolute Gasteiger partial charge is 0.325 e. The van der Waals surface area contributed by atoms with Crippen molar-refractivity contribution in [2.45, 2.75) is 36.7 Å². The molecule has 0 spiro atoms. The van der Waals surface area contributed by atoms with Crippen molar-refractivity contribution in [1.82, 2.24) is 14.1 Å². The molecule has 0 aliphatic carbocycles. The first-order valence-corrected chi connectivity index (χ1v) is 9.31. The Hall–Kier alpha value is -2.26. The largest absolute Gasteiger partial charge is 0.480 e. The maximum Gasteiger partial charge on any atom is 0.325 e. The van der Waals surface area contributed by atoms with Gasteiger partial charge in [-0.2, -0.15) is 9.40 Å². The molecule has 1 aromatic heterocycles. The van der Waals surface area contributed by atoms with Gasteiger partial charge in [0.25, 0.3) is 0 Å². The zero-order chi connectivity index (χ0) is 18.0. The minimum Gasteiger partial charge on any atom is -0.480 e. The van der Waals surface area contributed by atoms with Crippen LogP contribution in [0.1, 0.15) is 18.4 Å². The minimum atomic E-state index is -3.77. The van der Waals surface area contributed by atoms with Crippen LogP contribution >= 0.6 is 0 Å². The summed E-state index contributed by atoms with van der Waals surface area (Å²) in [5, 5.41) is 12.6. The molecule has 1 aliphatic rings. The number of hydrogen-bond donors (Lipinski definition) is 1. The van der Waals surface area contributed by atoms with Gasteiger partial charge in [-0.05, 0) is 37.0 Å². The van der Waals surface area contributed by atoms with Crippen molar-refractivity contribution in [3.63, 3.8) is 0 Å². The number of nitrogens with zero attached hydrogens (tertiary/aromatic N) is 3. The van der Waals surface area contributed by atoms with Crippen LogP contribution in [0.4, 0.5) is 4.39 Å². The summed E-state index contributed by atoms with van der Waals surface area (Å²) < 4.78 is 41.5. The van der Waals surface area contributed by atoms with Crippen LogP contribution in [0, 0.1) is 5.82 Å². The molecule has 1 aromatic carbocycles. The maximum absolute atomic E-state index is 13.4. The van der Waals surface area contributed by atoms with E-state index >= 15 is 0 Å². The first kappa shape index (κ1) is 17.6. The zero-order valence-corrected chi connectivity index (χ0v) is 14.2. The highest BCUT2D eigenvalue weighted by Gasteiger charge is 2.36. The van der Waals surface area contributed by atoms with E-state index in [1.807, 2.05) is 0 Å². The van der Waals surface area contributed by atoms with Gasteiger partial charge in [0, 0.05) is 18.8 Å². The number of aliphatic carboxylic acids is 1. The Bertz CT molecular complexity index is 881. The average molecular weight is 367 g/mol. The van der Waals surface area contributed by atoms with Crippen molar-refractivity contribution in [2.24, 2.45) is 0 Å². The molecule has 0 saturated carbocycles. The van der Waals surface area contributed by atoms with Crippen LogP contribution in [0.5, 0.6) is 0 Å². The molecular weight excluding hydrogens is 349 g/mol. The number of sulfonamides is 1. The Kier molecular flexibility index (Phi) is 4.87. The first-order valence-electron chi connectivity index (χ1n) is 7.87. The molecule has 9 heteroatoms. The lowest BCUT2D eigenvalue weighted by Crippen LogP contribution is -2.36. The standard InChI is InChI=1S/C16H18FN3O4S/c17-13-4-1-3-12(7-13)8-14-5-2-6-20(14)25(23,24)15-9-18-19(10-15)11-16(21)22/h1,3-4,7,9-10,14H,2,5-6,8,11H2,(H,21,22). The van der Waals surface area contributed by atoms with Gasteiger partial charge in [-0.1, -0.05) is 12.1 Å². The number of benzene rings is 1. The van der Waals surface area contributed by atoms with Gasteiger partial charge < -0.3 is 5.11 Å². The van der Waals surface area contributed by atoms with E-state index in [0.29, 0.717) is 19.4 Å². The number of rotatable bonds is 6. The number of halogens is 1. The minimum absolute atomic E-state index is 0.0279. The molecule has 25 heavy (non-hydrogen) atoms. The summed E-state index contributed by atoms with van der Waals surface area (Å²) in [6, 6.07) is 5.89. The SMILES string of the molecule is O=C(O)Cn1cc(S(=O)(=O)N2CCCC2Cc2cccc(F)c2)cn1. The van der Waals surface area contributed by atoms with Gasteiger partial charge in [0.05, 0.1) is 6.20 Å². The summed E-state index contributed by atoms with van der Waals surface area (Å²) in [5.74, 6) is -1.45. The Balaban J connectivity index is 1.80. The van der Waals surface area contributed by atoms with Crippen LogP contribution < -0.4 is 0 Å². The van der Waals surface area contributed by atoms with E-state index in [0.717, 1.165) is 22.9 Å². The predicted molar refractivity (Wildman–Crippen MR) is 86.9 cm³/mol. The van der Waals surface area contributed by atoms with Crippen molar-refractivity contribution in [3.8, 4) is 0 Å². The van der Waals surface area contributed by atoms with E-state index < -0.39 is 22.5 Å². The Labute approximate surface area is 144 Å². The number of carbonyl (C=O) groups is 1. The molecule has 1 atom stereocenters. The van der Waals surface area contributed by atoms with E-state index in [1.54, 1.807) is 12.1 Å². The lowest BCUT2D eigenvalue weighted by Gasteiger charge is -2.23. The quantitative estimate of drug-likeness (QED) is 0.835. The first-order chi connectivity index (χ1) is 11.9. The third-order valence-corrected chi connectivity index (χ3v) is 6.10. The molecule has 2 aromatic rings. The van der Waals surface area contributed by atoms with Crippen LogP contribution in [0.2, 0.25) is 0 Å². The molecule has 2 heterocycles. The summed E-state index contributed by atoms with van der Waals surface area (Å²) in [5.41, 5.74) is 0.744.